The van der Waals surface area contributed by atoms with Crippen molar-refractivity contribution in [2.45, 2.75) is 33.0 Å². The molecule has 0 aromatic heterocycles. The minimum atomic E-state index is -0.484. The highest BCUT2D eigenvalue weighted by Gasteiger charge is 2.13. The summed E-state index contributed by atoms with van der Waals surface area (Å²) in [5, 5.41) is 0. The smallest absolute Gasteiger partial charge is 0.331 e. The predicted octanol–water partition coefficient (Wildman–Crippen LogP) is 4.62. The Labute approximate surface area is 137 Å². The Morgan fingerprint density at radius 2 is 1.78 bits per heavy atom. The number of rotatable bonds is 5. The quantitative estimate of drug-likeness (QED) is 0.597. The van der Waals surface area contributed by atoms with Gasteiger partial charge in [0.25, 0.3) is 0 Å². The summed E-state index contributed by atoms with van der Waals surface area (Å²) < 4.78 is 11.0. The van der Waals surface area contributed by atoms with E-state index in [0.29, 0.717) is 6.61 Å². The van der Waals surface area contributed by atoms with Gasteiger partial charge in [0, 0.05) is 6.08 Å². The lowest BCUT2D eigenvalue weighted by atomic mass is 10.2. The topological polar surface area (TPSA) is 35.5 Å². The van der Waals surface area contributed by atoms with Crippen molar-refractivity contribution < 1.29 is 14.3 Å². The van der Waals surface area contributed by atoms with Crippen LogP contribution in [0.4, 0.5) is 0 Å². The molecule has 0 aliphatic rings. The summed E-state index contributed by atoms with van der Waals surface area (Å²) in [6.07, 6.45) is 3.16. The fourth-order valence-corrected chi connectivity index (χ4v) is 1.95. The molecule has 0 atom stereocenters. The second-order valence-electron chi connectivity index (χ2n) is 6.21. The van der Waals surface area contributed by atoms with Gasteiger partial charge in [-0.05, 0) is 50.1 Å². The third kappa shape index (κ3) is 6.39. The molecule has 0 radical (unpaired) electrons. The molecule has 3 heteroatoms. The molecule has 2 aromatic rings. The van der Waals surface area contributed by atoms with Crippen LogP contribution >= 0.6 is 0 Å². The van der Waals surface area contributed by atoms with E-state index in [9.17, 15) is 4.79 Å². The lowest BCUT2D eigenvalue weighted by Gasteiger charge is -2.17. The monoisotopic (exact) mass is 310 g/mol. The molecule has 2 aromatic carbocycles. The van der Waals surface area contributed by atoms with E-state index in [-0.39, 0.29) is 5.97 Å². The normalized spacial score (nSPS) is 11.4. The molecule has 0 saturated heterocycles. The molecule has 120 valence electrons. The van der Waals surface area contributed by atoms with Crippen molar-refractivity contribution in [2.24, 2.45) is 0 Å². The molecule has 0 N–H and O–H groups in total. The predicted molar refractivity (Wildman–Crippen MR) is 92.1 cm³/mol. The van der Waals surface area contributed by atoms with Gasteiger partial charge in [-0.1, -0.05) is 42.5 Å². The number of ether oxygens (including phenoxy) is 2. The maximum Gasteiger partial charge on any atom is 0.331 e. The zero-order chi connectivity index (χ0) is 16.7. The fourth-order valence-electron chi connectivity index (χ4n) is 1.95. The first-order valence-corrected chi connectivity index (χ1v) is 7.60. The van der Waals surface area contributed by atoms with Crippen molar-refractivity contribution in [1.29, 1.82) is 0 Å². The summed E-state index contributed by atoms with van der Waals surface area (Å²) in [7, 11) is 0. The molecule has 0 fully saturated rings. The third-order valence-electron chi connectivity index (χ3n) is 2.93. The molecule has 0 heterocycles. The van der Waals surface area contributed by atoms with Gasteiger partial charge in [0.05, 0.1) is 0 Å². The number of esters is 1. The molecule has 0 amide bonds. The van der Waals surface area contributed by atoms with Gasteiger partial charge in [-0.15, -0.1) is 0 Å². The van der Waals surface area contributed by atoms with E-state index in [4.69, 9.17) is 9.47 Å². The third-order valence-corrected chi connectivity index (χ3v) is 2.93. The summed E-state index contributed by atoms with van der Waals surface area (Å²) in [4.78, 5) is 11.7. The highest BCUT2D eigenvalue weighted by Crippen LogP contribution is 2.16. The maximum absolute atomic E-state index is 11.7. The van der Waals surface area contributed by atoms with E-state index in [1.54, 1.807) is 6.08 Å². The molecule has 23 heavy (non-hydrogen) atoms. The van der Waals surface area contributed by atoms with E-state index in [2.05, 4.69) is 0 Å². The van der Waals surface area contributed by atoms with Crippen molar-refractivity contribution in [1.82, 2.24) is 0 Å². The maximum atomic E-state index is 11.7. The van der Waals surface area contributed by atoms with Crippen LogP contribution in [-0.2, 0) is 16.1 Å². The van der Waals surface area contributed by atoms with E-state index < -0.39 is 5.60 Å². The van der Waals surface area contributed by atoms with Crippen LogP contribution in [-0.4, -0.2) is 11.6 Å². The van der Waals surface area contributed by atoms with Crippen molar-refractivity contribution in [3.05, 3.63) is 71.8 Å². The van der Waals surface area contributed by atoms with Crippen LogP contribution in [0.2, 0.25) is 0 Å². The van der Waals surface area contributed by atoms with Crippen LogP contribution in [0.15, 0.2) is 60.7 Å². The van der Waals surface area contributed by atoms with Gasteiger partial charge in [0.2, 0.25) is 0 Å². The molecule has 0 spiro atoms. The van der Waals surface area contributed by atoms with Crippen molar-refractivity contribution >= 4 is 12.0 Å². The van der Waals surface area contributed by atoms with E-state index in [1.165, 1.54) is 6.08 Å². The Kier molecular flexibility index (Phi) is 5.58. The molecule has 0 aliphatic heterocycles. The molecule has 3 nitrogen and oxygen atoms in total. The summed E-state index contributed by atoms with van der Waals surface area (Å²) in [6, 6.07) is 17.6. The zero-order valence-electron chi connectivity index (χ0n) is 13.8. The van der Waals surface area contributed by atoms with Crippen LogP contribution in [0.1, 0.15) is 31.9 Å². The largest absolute Gasteiger partial charge is 0.489 e. The van der Waals surface area contributed by atoms with Gasteiger partial charge in [0.1, 0.15) is 18.0 Å². The summed E-state index contributed by atoms with van der Waals surface area (Å²) in [6.45, 7) is 6.05. The number of hydrogen-bond acceptors (Lipinski definition) is 3. The Hall–Kier alpha value is -2.55. The van der Waals surface area contributed by atoms with Crippen molar-refractivity contribution in [2.75, 3.05) is 0 Å². The first kappa shape index (κ1) is 16.8. The number of carbonyl (C=O) groups excluding carboxylic acids is 1. The van der Waals surface area contributed by atoms with E-state index >= 15 is 0 Å². The minimum Gasteiger partial charge on any atom is -0.489 e. The Balaban J connectivity index is 1.95. The molecule has 0 unspecified atom stereocenters. The lowest BCUT2D eigenvalue weighted by Crippen LogP contribution is -2.22. The minimum absolute atomic E-state index is 0.354. The van der Waals surface area contributed by atoms with Crippen molar-refractivity contribution in [3.63, 3.8) is 0 Å². The molecule has 0 aliphatic carbocycles. The van der Waals surface area contributed by atoms with Crippen LogP contribution in [0.5, 0.6) is 5.75 Å². The summed E-state index contributed by atoms with van der Waals surface area (Å²) in [5.74, 6) is 0.410. The van der Waals surface area contributed by atoms with Gasteiger partial charge >= 0.3 is 5.97 Å². The van der Waals surface area contributed by atoms with Gasteiger partial charge < -0.3 is 9.47 Å². The lowest BCUT2D eigenvalue weighted by molar-refractivity contribution is -0.148. The van der Waals surface area contributed by atoms with Crippen LogP contribution < -0.4 is 4.74 Å². The van der Waals surface area contributed by atoms with E-state index in [1.807, 2.05) is 75.4 Å². The second kappa shape index (κ2) is 7.63. The second-order valence-corrected chi connectivity index (χ2v) is 6.21. The molecule has 0 saturated carbocycles. The average Bonchev–Trinajstić information content (AvgIpc) is 2.51. The van der Waals surface area contributed by atoms with Crippen LogP contribution in [0.25, 0.3) is 6.08 Å². The van der Waals surface area contributed by atoms with Gasteiger partial charge in [-0.3, -0.25) is 0 Å². The number of benzene rings is 2. The SMILES string of the molecule is CC(C)(C)OC(=O)/C=C/c1cccc(OCc2ccccc2)c1. The highest BCUT2D eigenvalue weighted by molar-refractivity contribution is 5.87. The number of carbonyl (C=O) groups is 1. The van der Waals surface area contributed by atoms with E-state index in [0.717, 1.165) is 16.9 Å². The Morgan fingerprint density at radius 1 is 1.04 bits per heavy atom. The van der Waals surface area contributed by atoms with Crippen LogP contribution in [0.3, 0.4) is 0 Å². The average molecular weight is 310 g/mol. The molecule has 0 bridgehead atoms. The summed E-state index contributed by atoms with van der Waals surface area (Å²) in [5.41, 5.74) is 1.52. The first-order valence-electron chi connectivity index (χ1n) is 7.60. The summed E-state index contributed by atoms with van der Waals surface area (Å²) >= 11 is 0. The Morgan fingerprint density at radius 3 is 2.48 bits per heavy atom. The Bertz CT molecular complexity index is 667. The molecule has 2 rings (SSSR count). The molecular formula is C20H22O3. The van der Waals surface area contributed by atoms with Crippen molar-refractivity contribution in [3.8, 4) is 5.75 Å². The first-order chi connectivity index (χ1) is 10.9. The van der Waals surface area contributed by atoms with Crippen LogP contribution in [0, 0.1) is 0 Å². The zero-order valence-corrected chi connectivity index (χ0v) is 13.8. The standard InChI is InChI=1S/C20H22O3/c1-20(2,3)23-19(21)13-12-16-10-7-11-18(14-16)22-15-17-8-5-4-6-9-17/h4-14H,15H2,1-3H3/b13-12+. The highest BCUT2D eigenvalue weighted by atomic mass is 16.6. The fraction of sp³-hybridized carbons (Fsp3) is 0.250. The molecular weight excluding hydrogens is 288 g/mol. The van der Waals surface area contributed by atoms with Gasteiger partial charge in [0.15, 0.2) is 0 Å². The van der Waals surface area contributed by atoms with Gasteiger partial charge in [-0.2, -0.15) is 0 Å². The number of hydrogen-bond donors (Lipinski definition) is 0. The van der Waals surface area contributed by atoms with Gasteiger partial charge in [-0.25, -0.2) is 4.79 Å².